The van der Waals surface area contributed by atoms with Crippen molar-refractivity contribution in [1.29, 1.82) is 0 Å². The second-order valence-electron chi connectivity index (χ2n) is 3.29. The SMILES string of the molecule is NC(=O)/C=C\c1cnn(-c2ccccc2)c1. The van der Waals surface area contributed by atoms with Crippen molar-refractivity contribution in [2.75, 3.05) is 0 Å². The van der Waals surface area contributed by atoms with Gasteiger partial charge in [-0.3, -0.25) is 4.79 Å². The molecule has 0 fully saturated rings. The van der Waals surface area contributed by atoms with Crippen LogP contribution in [0.15, 0.2) is 48.8 Å². The third-order valence-electron chi connectivity index (χ3n) is 2.06. The van der Waals surface area contributed by atoms with Gasteiger partial charge in [0.2, 0.25) is 5.91 Å². The number of benzene rings is 1. The quantitative estimate of drug-likeness (QED) is 0.783. The molecule has 0 unspecified atom stereocenters. The molecule has 1 amide bonds. The maximum Gasteiger partial charge on any atom is 0.241 e. The van der Waals surface area contributed by atoms with E-state index in [1.54, 1.807) is 17.0 Å². The highest BCUT2D eigenvalue weighted by Gasteiger charge is 1.97. The van der Waals surface area contributed by atoms with E-state index in [2.05, 4.69) is 5.10 Å². The zero-order valence-electron chi connectivity index (χ0n) is 8.58. The van der Waals surface area contributed by atoms with Gasteiger partial charge in [0.1, 0.15) is 0 Å². The maximum atomic E-state index is 10.6. The molecule has 1 aromatic heterocycles. The molecule has 0 aliphatic rings. The molecule has 1 aromatic carbocycles. The average molecular weight is 213 g/mol. The summed E-state index contributed by atoms with van der Waals surface area (Å²) in [7, 11) is 0. The van der Waals surface area contributed by atoms with Crippen molar-refractivity contribution in [2.24, 2.45) is 5.73 Å². The third-order valence-corrected chi connectivity index (χ3v) is 2.06. The minimum absolute atomic E-state index is 0.465. The van der Waals surface area contributed by atoms with Gasteiger partial charge >= 0.3 is 0 Å². The number of carbonyl (C=O) groups excluding carboxylic acids is 1. The van der Waals surface area contributed by atoms with Crippen LogP contribution in [0.25, 0.3) is 11.8 Å². The normalized spacial score (nSPS) is 10.8. The lowest BCUT2D eigenvalue weighted by Gasteiger charge is -1.98. The van der Waals surface area contributed by atoms with E-state index in [4.69, 9.17) is 5.73 Å². The number of aromatic nitrogens is 2. The topological polar surface area (TPSA) is 60.9 Å². The fraction of sp³-hybridized carbons (Fsp3) is 0. The molecule has 2 rings (SSSR count). The average Bonchev–Trinajstić information content (AvgIpc) is 2.76. The van der Waals surface area contributed by atoms with Gasteiger partial charge in [-0.05, 0) is 18.2 Å². The Morgan fingerprint density at radius 1 is 1.31 bits per heavy atom. The van der Waals surface area contributed by atoms with Crippen molar-refractivity contribution in [3.05, 3.63) is 54.4 Å². The fourth-order valence-electron chi connectivity index (χ4n) is 1.32. The smallest absolute Gasteiger partial charge is 0.241 e. The highest BCUT2D eigenvalue weighted by atomic mass is 16.1. The van der Waals surface area contributed by atoms with Crippen molar-refractivity contribution in [3.8, 4) is 5.69 Å². The zero-order chi connectivity index (χ0) is 11.4. The van der Waals surface area contributed by atoms with Crippen LogP contribution < -0.4 is 5.73 Å². The molecule has 4 nitrogen and oxygen atoms in total. The van der Waals surface area contributed by atoms with Gasteiger partial charge in [0, 0.05) is 17.8 Å². The molecule has 0 atom stereocenters. The van der Waals surface area contributed by atoms with E-state index >= 15 is 0 Å². The van der Waals surface area contributed by atoms with Gasteiger partial charge in [0.05, 0.1) is 11.9 Å². The standard InChI is InChI=1S/C12H11N3O/c13-12(16)7-6-10-8-14-15(9-10)11-4-2-1-3-5-11/h1-9H,(H2,13,16)/b7-6-. The van der Waals surface area contributed by atoms with E-state index in [-0.39, 0.29) is 0 Å². The molecule has 0 saturated heterocycles. The largest absolute Gasteiger partial charge is 0.366 e. The Kier molecular flexibility index (Phi) is 2.82. The molecule has 2 N–H and O–H groups in total. The van der Waals surface area contributed by atoms with Crippen molar-refractivity contribution in [3.63, 3.8) is 0 Å². The van der Waals surface area contributed by atoms with E-state index in [0.29, 0.717) is 0 Å². The van der Waals surface area contributed by atoms with Crippen LogP contribution >= 0.6 is 0 Å². The van der Waals surface area contributed by atoms with Crippen LogP contribution in [0.3, 0.4) is 0 Å². The number of rotatable bonds is 3. The summed E-state index contributed by atoms with van der Waals surface area (Å²) in [5.41, 5.74) is 6.81. The highest BCUT2D eigenvalue weighted by molar-refractivity contribution is 5.90. The predicted molar refractivity (Wildman–Crippen MR) is 61.8 cm³/mol. The molecular formula is C12H11N3O. The van der Waals surface area contributed by atoms with Crippen molar-refractivity contribution in [2.45, 2.75) is 0 Å². The van der Waals surface area contributed by atoms with E-state index in [1.807, 2.05) is 36.5 Å². The monoisotopic (exact) mass is 213 g/mol. The predicted octanol–water partition coefficient (Wildman–Crippen LogP) is 1.37. The fourth-order valence-corrected chi connectivity index (χ4v) is 1.32. The van der Waals surface area contributed by atoms with Crippen LogP contribution in [0.5, 0.6) is 0 Å². The van der Waals surface area contributed by atoms with Crippen LogP contribution in [0.2, 0.25) is 0 Å². The maximum absolute atomic E-state index is 10.6. The molecule has 0 spiro atoms. The molecule has 0 aliphatic heterocycles. The number of nitrogens with two attached hydrogens (primary N) is 1. The van der Waals surface area contributed by atoms with Crippen molar-refractivity contribution >= 4 is 12.0 Å². The van der Waals surface area contributed by atoms with Crippen molar-refractivity contribution < 1.29 is 4.79 Å². The summed E-state index contributed by atoms with van der Waals surface area (Å²) in [5, 5.41) is 4.18. The Bertz CT molecular complexity index is 514. The Morgan fingerprint density at radius 3 is 2.75 bits per heavy atom. The summed E-state index contributed by atoms with van der Waals surface area (Å²) in [6.07, 6.45) is 6.45. The second-order valence-corrected chi connectivity index (χ2v) is 3.29. The lowest BCUT2D eigenvalue weighted by Crippen LogP contribution is -2.04. The van der Waals surface area contributed by atoms with Gasteiger partial charge in [-0.15, -0.1) is 0 Å². The Labute approximate surface area is 93.0 Å². The van der Waals surface area contributed by atoms with Gasteiger partial charge < -0.3 is 5.73 Å². The molecule has 80 valence electrons. The summed E-state index contributed by atoms with van der Waals surface area (Å²) in [5.74, 6) is -0.465. The van der Waals surface area contributed by atoms with E-state index in [1.165, 1.54) is 6.08 Å². The van der Waals surface area contributed by atoms with Crippen LogP contribution in [0.4, 0.5) is 0 Å². The van der Waals surface area contributed by atoms with Gasteiger partial charge in [-0.1, -0.05) is 18.2 Å². The number of nitrogens with zero attached hydrogens (tertiary/aromatic N) is 2. The first-order valence-corrected chi connectivity index (χ1v) is 4.83. The minimum Gasteiger partial charge on any atom is -0.366 e. The first-order valence-electron chi connectivity index (χ1n) is 4.83. The first-order chi connectivity index (χ1) is 7.75. The van der Waals surface area contributed by atoms with Gasteiger partial charge in [0.15, 0.2) is 0 Å². The Morgan fingerprint density at radius 2 is 2.06 bits per heavy atom. The van der Waals surface area contributed by atoms with Gasteiger partial charge in [-0.2, -0.15) is 5.10 Å². The van der Waals surface area contributed by atoms with Crippen LogP contribution in [0, 0.1) is 0 Å². The van der Waals surface area contributed by atoms with Crippen LogP contribution in [-0.4, -0.2) is 15.7 Å². The molecule has 0 saturated carbocycles. The third kappa shape index (κ3) is 2.36. The number of para-hydroxylation sites is 1. The van der Waals surface area contributed by atoms with Crippen LogP contribution in [-0.2, 0) is 4.79 Å². The van der Waals surface area contributed by atoms with Crippen molar-refractivity contribution in [1.82, 2.24) is 9.78 Å². The van der Waals surface area contributed by atoms with Crippen LogP contribution in [0.1, 0.15) is 5.56 Å². The van der Waals surface area contributed by atoms with Gasteiger partial charge in [-0.25, -0.2) is 4.68 Å². The number of amides is 1. The van der Waals surface area contributed by atoms with E-state index in [0.717, 1.165) is 11.3 Å². The summed E-state index contributed by atoms with van der Waals surface area (Å²) < 4.78 is 1.74. The summed E-state index contributed by atoms with van der Waals surface area (Å²) in [4.78, 5) is 10.6. The van der Waals surface area contributed by atoms with E-state index < -0.39 is 5.91 Å². The molecule has 0 aliphatic carbocycles. The number of primary amides is 1. The molecule has 2 aromatic rings. The molecule has 4 heteroatoms. The minimum atomic E-state index is -0.465. The summed E-state index contributed by atoms with van der Waals surface area (Å²) >= 11 is 0. The summed E-state index contributed by atoms with van der Waals surface area (Å²) in [6.45, 7) is 0. The number of carbonyl (C=O) groups is 1. The van der Waals surface area contributed by atoms with E-state index in [9.17, 15) is 4.79 Å². The molecule has 0 radical (unpaired) electrons. The lowest BCUT2D eigenvalue weighted by atomic mass is 10.3. The summed E-state index contributed by atoms with van der Waals surface area (Å²) in [6, 6.07) is 9.73. The number of hydrogen-bond donors (Lipinski definition) is 1. The molecule has 0 bridgehead atoms. The Hall–Kier alpha value is -2.36. The molecular weight excluding hydrogens is 202 g/mol. The van der Waals surface area contributed by atoms with Gasteiger partial charge in [0.25, 0.3) is 0 Å². The second kappa shape index (κ2) is 4.44. The number of hydrogen-bond acceptors (Lipinski definition) is 2. The molecule has 1 heterocycles. The first kappa shape index (κ1) is 10.2. The molecule has 16 heavy (non-hydrogen) atoms. The lowest BCUT2D eigenvalue weighted by molar-refractivity contribution is -0.113. The Balaban J connectivity index is 2.23. The highest BCUT2D eigenvalue weighted by Crippen LogP contribution is 2.08. The zero-order valence-corrected chi connectivity index (χ0v) is 8.58.